The van der Waals surface area contributed by atoms with Crippen LogP contribution in [0.3, 0.4) is 0 Å². The van der Waals surface area contributed by atoms with E-state index in [9.17, 15) is 14.4 Å². The first-order valence-corrected chi connectivity index (χ1v) is 7.46. The van der Waals surface area contributed by atoms with E-state index in [4.69, 9.17) is 0 Å². The van der Waals surface area contributed by atoms with E-state index in [0.29, 0.717) is 23.4 Å². The van der Waals surface area contributed by atoms with Crippen molar-refractivity contribution in [1.29, 1.82) is 0 Å². The predicted octanol–water partition coefficient (Wildman–Crippen LogP) is 2.60. The molecule has 0 aliphatic carbocycles. The van der Waals surface area contributed by atoms with Gasteiger partial charge < -0.3 is 15.2 Å². The minimum Gasteiger partial charge on any atom is -0.356 e. The topological polar surface area (TPSA) is 82.3 Å². The van der Waals surface area contributed by atoms with Gasteiger partial charge in [-0.25, -0.2) is 0 Å². The third-order valence-corrected chi connectivity index (χ3v) is 3.84. The minimum atomic E-state index is -0.317. The lowest BCUT2D eigenvalue weighted by atomic mass is 10.2. The normalized spacial score (nSPS) is 14.1. The fourth-order valence-corrected chi connectivity index (χ4v) is 2.57. The Labute approximate surface area is 133 Å². The molecule has 3 rings (SSSR count). The fraction of sp³-hybridized carbons (Fsp3) is 0.235. The van der Waals surface area contributed by atoms with Gasteiger partial charge in [-0.3, -0.25) is 14.4 Å². The smallest absolute Gasteiger partial charge is 0.272 e. The molecule has 2 heterocycles. The summed E-state index contributed by atoms with van der Waals surface area (Å²) >= 11 is 0. The van der Waals surface area contributed by atoms with Gasteiger partial charge in [0.1, 0.15) is 5.69 Å². The molecule has 0 radical (unpaired) electrons. The molecule has 0 saturated carbocycles. The van der Waals surface area contributed by atoms with E-state index in [2.05, 4.69) is 10.3 Å². The number of benzene rings is 1. The summed E-state index contributed by atoms with van der Waals surface area (Å²) in [7, 11) is 0. The third-order valence-electron chi connectivity index (χ3n) is 3.84. The minimum absolute atomic E-state index is 0.0973. The zero-order chi connectivity index (χ0) is 16.4. The zero-order valence-corrected chi connectivity index (χ0v) is 12.8. The molecule has 6 nitrogen and oxygen atoms in total. The number of aromatic nitrogens is 1. The molecular weight excluding hydrogens is 294 g/mol. The van der Waals surface area contributed by atoms with Crippen molar-refractivity contribution in [3.8, 4) is 0 Å². The summed E-state index contributed by atoms with van der Waals surface area (Å²) in [6.07, 6.45) is 2.98. The Bertz CT molecular complexity index is 762. The number of ketones is 1. The van der Waals surface area contributed by atoms with Gasteiger partial charge in [0.15, 0.2) is 5.78 Å². The average molecular weight is 311 g/mol. The first kappa shape index (κ1) is 15.0. The number of amides is 2. The van der Waals surface area contributed by atoms with Crippen LogP contribution in [0.15, 0.2) is 36.5 Å². The summed E-state index contributed by atoms with van der Waals surface area (Å²) in [6.45, 7) is 2.18. The first-order chi connectivity index (χ1) is 11.0. The van der Waals surface area contributed by atoms with E-state index in [0.717, 1.165) is 18.7 Å². The van der Waals surface area contributed by atoms with E-state index in [1.807, 2.05) is 12.1 Å². The van der Waals surface area contributed by atoms with Crippen LogP contribution in [0.5, 0.6) is 0 Å². The molecule has 23 heavy (non-hydrogen) atoms. The molecule has 2 amide bonds. The summed E-state index contributed by atoms with van der Waals surface area (Å²) in [6, 6.07) is 8.67. The van der Waals surface area contributed by atoms with E-state index < -0.39 is 0 Å². The van der Waals surface area contributed by atoms with Crippen LogP contribution in [0, 0.1) is 0 Å². The number of nitrogens with one attached hydrogen (secondary N) is 2. The van der Waals surface area contributed by atoms with Gasteiger partial charge in [-0.2, -0.15) is 0 Å². The number of rotatable bonds is 4. The number of carbonyl (C=O) groups is 3. The van der Waals surface area contributed by atoms with Gasteiger partial charge in [-0.1, -0.05) is 0 Å². The third kappa shape index (κ3) is 3.15. The van der Waals surface area contributed by atoms with Crippen molar-refractivity contribution in [2.24, 2.45) is 0 Å². The maximum Gasteiger partial charge on any atom is 0.272 e. The number of carbonyl (C=O) groups excluding carboxylic acids is 3. The molecule has 1 aliphatic rings. The summed E-state index contributed by atoms with van der Waals surface area (Å²) in [5.41, 5.74) is 2.26. The van der Waals surface area contributed by atoms with Crippen molar-refractivity contribution >= 4 is 29.0 Å². The van der Waals surface area contributed by atoms with E-state index in [1.54, 1.807) is 17.0 Å². The van der Waals surface area contributed by atoms with Gasteiger partial charge >= 0.3 is 0 Å². The van der Waals surface area contributed by atoms with E-state index >= 15 is 0 Å². The van der Waals surface area contributed by atoms with Crippen LogP contribution in [0.1, 0.15) is 40.6 Å². The summed E-state index contributed by atoms with van der Waals surface area (Å²) < 4.78 is 0. The summed E-state index contributed by atoms with van der Waals surface area (Å²) in [5, 5.41) is 2.75. The number of H-pyrrole nitrogens is 1. The SMILES string of the molecule is CC(=O)c1c[nH]c(C(=O)Nc2ccc(N3CCCC3=O)cc2)c1. The molecular formula is C17H17N3O3. The number of hydrogen-bond donors (Lipinski definition) is 2. The van der Waals surface area contributed by atoms with Crippen LogP contribution >= 0.6 is 0 Å². The van der Waals surface area contributed by atoms with Crippen LogP contribution in [0.25, 0.3) is 0 Å². The Hall–Kier alpha value is -2.89. The zero-order valence-electron chi connectivity index (χ0n) is 12.8. The van der Waals surface area contributed by atoms with Gasteiger partial charge in [0, 0.05) is 36.1 Å². The molecule has 6 heteroatoms. The van der Waals surface area contributed by atoms with Gasteiger partial charge in [0.05, 0.1) is 0 Å². The molecule has 0 atom stereocenters. The highest BCUT2D eigenvalue weighted by molar-refractivity contribution is 6.05. The van der Waals surface area contributed by atoms with Gasteiger partial charge in [0.2, 0.25) is 5.91 Å². The summed E-state index contributed by atoms with van der Waals surface area (Å²) in [4.78, 5) is 39.6. The Morgan fingerprint density at radius 2 is 1.96 bits per heavy atom. The number of nitrogens with zero attached hydrogens (tertiary/aromatic N) is 1. The number of Topliss-reactive ketones (excluding diaryl/α,β-unsaturated/α-hetero) is 1. The van der Waals surface area contributed by atoms with Crippen molar-refractivity contribution < 1.29 is 14.4 Å². The lowest BCUT2D eigenvalue weighted by Gasteiger charge is -2.16. The lowest BCUT2D eigenvalue weighted by Crippen LogP contribution is -2.23. The molecule has 118 valence electrons. The second kappa shape index (κ2) is 6.08. The van der Waals surface area contributed by atoms with E-state index in [-0.39, 0.29) is 17.6 Å². The standard InChI is InChI=1S/C17H17N3O3/c1-11(21)12-9-15(18-10-12)17(23)19-13-4-6-14(7-5-13)20-8-2-3-16(20)22/h4-7,9-10,18H,2-3,8H2,1H3,(H,19,23). The molecule has 0 bridgehead atoms. The maximum absolute atomic E-state index is 12.1. The monoisotopic (exact) mass is 311 g/mol. The number of hydrogen-bond acceptors (Lipinski definition) is 3. The molecule has 1 aromatic carbocycles. The summed E-state index contributed by atoms with van der Waals surface area (Å²) in [5.74, 6) is -0.285. The van der Waals surface area contributed by atoms with Crippen molar-refractivity contribution in [2.75, 3.05) is 16.8 Å². The Kier molecular flexibility index (Phi) is 3.97. The molecule has 1 fully saturated rings. The van der Waals surface area contributed by atoms with Crippen molar-refractivity contribution in [3.63, 3.8) is 0 Å². The van der Waals surface area contributed by atoms with Crippen molar-refractivity contribution in [3.05, 3.63) is 47.8 Å². The fourth-order valence-electron chi connectivity index (χ4n) is 2.57. The number of aromatic amines is 1. The largest absolute Gasteiger partial charge is 0.356 e. The van der Waals surface area contributed by atoms with Gasteiger partial charge in [0.25, 0.3) is 5.91 Å². The quantitative estimate of drug-likeness (QED) is 0.851. The Morgan fingerprint density at radius 3 is 2.52 bits per heavy atom. The van der Waals surface area contributed by atoms with Crippen LogP contribution in [0.2, 0.25) is 0 Å². The van der Waals surface area contributed by atoms with Gasteiger partial charge in [-0.15, -0.1) is 0 Å². The predicted molar refractivity (Wildman–Crippen MR) is 86.8 cm³/mol. The second-order valence-corrected chi connectivity index (χ2v) is 5.51. The highest BCUT2D eigenvalue weighted by Gasteiger charge is 2.21. The van der Waals surface area contributed by atoms with Crippen LogP contribution < -0.4 is 10.2 Å². The van der Waals surface area contributed by atoms with Crippen molar-refractivity contribution in [2.45, 2.75) is 19.8 Å². The first-order valence-electron chi connectivity index (χ1n) is 7.46. The Balaban J connectivity index is 1.68. The average Bonchev–Trinajstić information content (AvgIpc) is 3.17. The maximum atomic E-state index is 12.1. The Morgan fingerprint density at radius 1 is 1.22 bits per heavy atom. The molecule has 1 aliphatic heterocycles. The van der Waals surface area contributed by atoms with Crippen molar-refractivity contribution in [1.82, 2.24) is 4.98 Å². The molecule has 2 aromatic rings. The molecule has 1 saturated heterocycles. The number of anilines is 2. The van der Waals surface area contributed by atoms with E-state index in [1.165, 1.54) is 19.2 Å². The molecule has 0 spiro atoms. The second-order valence-electron chi connectivity index (χ2n) is 5.51. The van der Waals surface area contributed by atoms with Crippen LogP contribution in [0.4, 0.5) is 11.4 Å². The molecule has 1 aromatic heterocycles. The van der Waals surface area contributed by atoms with Gasteiger partial charge in [-0.05, 0) is 43.7 Å². The highest BCUT2D eigenvalue weighted by atomic mass is 16.2. The highest BCUT2D eigenvalue weighted by Crippen LogP contribution is 2.23. The van der Waals surface area contributed by atoms with Crippen LogP contribution in [-0.2, 0) is 4.79 Å². The lowest BCUT2D eigenvalue weighted by molar-refractivity contribution is -0.117. The molecule has 0 unspecified atom stereocenters. The molecule has 2 N–H and O–H groups in total. The van der Waals surface area contributed by atoms with Crippen LogP contribution in [-0.4, -0.2) is 29.1 Å².